The van der Waals surface area contributed by atoms with Crippen LogP contribution < -0.4 is 15.2 Å². The summed E-state index contributed by atoms with van der Waals surface area (Å²) < 4.78 is 33.1. The van der Waals surface area contributed by atoms with Crippen LogP contribution in [0.4, 0.5) is 14.5 Å². The van der Waals surface area contributed by atoms with Gasteiger partial charge in [0, 0.05) is 12.1 Å². The van der Waals surface area contributed by atoms with Crippen LogP contribution in [0.15, 0.2) is 12.1 Å². The van der Waals surface area contributed by atoms with Crippen LogP contribution >= 0.6 is 0 Å². The Morgan fingerprint density at radius 2 is 2.12 bits per heavy atom. The fraction of sp³-hybridized carbons (Fsp3) is 0.333. The monoisotopic (exact) mass is 248 g/mol. The number of hydrogen-bond donors (Lipinski definition) is 1. The van der Waals surface area contributed by atoms with Crippen LogP contribution in [0.5, 0.6) is 11.5 Å². The molecular formula is C9H10F2N2O4. The number of ether oxygens (including phenoxy) is 2. The Morgan fingerprint density at radius 1 is 1.47 bits per heavy atom. The Labute approximate surface area is 95.1 Å². The van der Waals surface area contributed by atoms with Gasteiger partial charge in [-0.1, -0.05) is 0 Å². The molecule has 0 aliphatic rings. The number of alkyl halides is 2. The lowest BCUT2D eigenvalue weighted by atomic mass is 10.1. The molecule has 0 amide bonds. The molecule has 0 unspecified atom stereocenters. The fourth-order valence-corrected chi connectivity index (χ4v) is 1.27. The van der Waals surface area contributed by atoms with Gasteiger partial charge in [-0.25, -0.2) is 0 Å². The van der Waals surface area contributed by atoms with Crippen molar-refractivity contribution in [3.05, 3.63) is 27.8 Å². The molecule has 0 heterocycles. The molecule has 0 bridgehead atoms. The number of nitrogens with zero attached hydrogens (tertiary/aromatic N) is 1. The lowest BCUT2D eigenvalue weighted by molar-refractivity contribution is -0.385. The van der Waals surface area contributed by atoms with E-state index in [9.17, 15) is 18.9 Å². The van der Waals surface area contributed by atoms with E-state index in [4.69, 9.17) is 10.5 Å². The third kappa shape index (κ3) is 3.00. The van der Waals surface area contributed by atoms with Crippen LogP contribution in [0.1, 0.15) is 5.56 Å². The normalized spacial score (nSPS) is 10.4. The summed E-state index contributed by atoms with van der Waals surface area (Å²) in [4.78, 5) is 9.96. The summed E-state index contributed by atoms with van der Waals surface area (Å²) in [5.41, 5.74) is 5.10. The summed E-state index contributed by atoms with van der Waals surface area (Å²) in [6, 6.07) is 2.07. The number of benzene rings is 1. The summed E-state index contributed by atoms with van der Waals surface area (Å²) in [6.45, 7) is -3.20. The molecule has 0 saturated heterocycles. The summed E-state index contributed by atoms with van der Waals surface area (Å²) >= 11 is 0. The molecule has 2 N–H and O–H groups in total. The molecular weight excluding hydrogens is 238 g/mol. The minimum atomic E-state index is -3.09. The molecule has 6 nitrogen and oxygen atoms in total. The number of nitrogens with two attached hydrogens (primary N) is 1. The molecule has 0 radical (unpaired) electrons. The number of nitro groups is 1. The first kappa shape index (κ1) is 13.1. The van der Waals surface area contributed by atoms with Gasteiger partial charge in [0.2, 0.25) is 0 Å². The average Bonchev–Trinajstić information content (AvgIpc) is 2.27. The van der Waals surface area contributed by atoms with Gasteiger partial charge in [-0.3, -0.25) is 10.1 Å². The van der Waals surface area contributed by atoms with E-state index in [1.54, 1.807) is 0 Å². The predicted molar refractivity (Wildman–Crippen MR) is 54.2 cm³/mol. The van der Waals surface area contributed by atoms with Crippen molar-refractivity contribution in [3.8, 4) is 11.5 Å². The van der Waals surface area contributed by atoms with Crippen molar-refractivity contribution in [1.29, 1.82) is 0 Å². The molecule has 0 saturated carbocycles. The summed E-state index contributed by atoms with van der Waals surface area (Å²) in [6.07, 6.45) is 0. The lowest BCUT2D eigenvalue weighted by Crippen LogP contribution is -2.07. The first-order valence-corrected chi connectivity index (χ1v) is 4.49. The molecule has 0 aliphatic carbocycles. The van der Waals surface area contributed by atoms with Crippen LogP contribution in [0, 0.1) is 10.1 Å². The maximum atomic E-state index is 12.1. The van der Waals surface area contributed by atoms with Gasteiger partial charge < -0.3 is 15.2 Å². The van der Waals surface area contributed by atoms with Gasteiger partial charge >= 0.3 is 6.61 Å². The zero-order chi connectivity index (χ0) is 13.0. The number of halogens is 2. The molecule has 17 heavy (non-hydrogen) atoms. The van der Waals surface area contributed by atoms with Crippen molar-refractivity contribution in [2.24, 2.45) is 5.73 Å². The summed E-state index contributed by atoms with van der Waals surface area (Å²) in [5, 5.41) is 10.7. The number of hydrogen-bond acceptors (Lipinski definition) is 5. The molecule has 1 aromatic carbocycles. The smallest absolute Gasteiger partial charge is 0.387 e. The van der Waals surface area contributed by atoms with Gasteiger partial charge in [0.05, 0.1) is 18.1 Å². The van der Waals surface area contributed by atoms with Crippen molar-refractivity contribution < 1.29 is 23.2 Å². The first-order valence-electron chi connectivity index (χ1n) is 4.49. The fourth-order valence-electron chi connectivity index (χ4n) is 1.27. The van der Waals surface area contributed by atoms with Crippen LogP contribution in [0.3, 0.4) is 0 Å². The zero-order valence-corrected chi connectivity index (χ0v) is 8.85. The Hall–Kier alpha value is -1.96. The molecule has 8 heteroatoms. The average molecular weight is 248 g/mol. The molecule has 0 aromatic heterocycles. The van der Waals surface area contributed by atoms with Crippen LogP contribution in [0.25, 0.3) is 0 Å². The minimum absolute atomic E-state index is 0.0312. The van der Waals surface area contributed by atoms with Gasteiger partial charge in [-0.2, -0.15) is 8.78 Å². The summed E-state index contributed by atoms with van der Waals surface area (Å²) in [7, 11) is 1.24. The van der Waals surface area contributed by atoms with Crippen LogP contribution in [-0.4, -0.2) is 18.6 Å². The number of nitro benzene ring substituents is 1. The van der Waals surface area contributed by atoms with E-state index < -0.39 is 17.3 Å². The maximum Gasteiger partial charge on any atom is 0.387 e. The van der Waals surface area contributed by atoms with E-state index in [0.717, 1.165) is 6.07 Å². The van der Waals surface area contributed by atoms with E-state index in [2.05, 4.69) is 4.74 Å². The van der Waals surface area contributed by atoms with Crippen LogP contribution in [-0.2, 0) is 6.54 Å². The quantitative estimate of drug-likeness (QED) is 0.632. The minimum Gasteiger partial charge on any atom is -0.493 e. The second-order valence-corrected chi connectivity index (χ2v) is 2.97. The van der Waals surface area contributed by atoms with E-state index in [1.165, 1.54) is 13.2 Å². The molecule has 0 aliphatic heterocycles. The lowest BCUT2D eigenvalue weighted by Gasteiger charge is -2.11. The highest BCUT2D eigenvalue weighted by Gasteiger charge is 2.20. The second-order valence-electron chi connectivity index (χ2n) is 2.97. The third-order valence-corrected chi connectivity index (χ3v) is 2.00. The molecule has 0 fully saturated rings. The zero-order valence-electron chi connectivity index (χ0n) is 8.85. The standard InChI is InChI=1S/C9H10F2N2O4/c1-16-7-2-5(4-12)6(13(14)15)3-8(7)17-9(10)11/h2-3,9H,4,12H2,1H3. The Morgan fingerprint density at radius 3 is 2.53 bits per heavy atom. The topological polar surface area (TPSA) is 87.6 Å². The van der Waals surface area contributed by atoms with Crippen molar-refractivity contribution >= 4 is 5.69 Å². The van der Waals surface area contributed by atoms with Gasteiger partial charge in [0.15, 0.2) is 11.5 Å². The van der Waals surface area contributed by atoms with Gasteiger partial charge in [-0.05, 0) is 6.07 Å². The number of rotatable bonds is 5. The Kier molecular flexibility index (Phi) is 4.16. The highest BCUT2D eigenvalue weighted by molar-refractivity contribution is 5.54. The molecule has 94 valence electrons. The molecule has 1 rings (SSSR count). The van der Waals surface area contributed by atoms with Crippen molar-refractivity contribution in [3.63, 3.8) is 0 Å². The van der Waals surface area contributed by atoms with Crippen molar-refractivity contribution in [1.82, 2.24) is 0 Å². The van der Waals surface area contributed by atoms with Gasteiger partial charge in [0.25, 0.3) is 5.69 Å². The Balaban J connectivity index is 3.28. The highest BCUT2D eigenvalue weighted by Crippen LogP contribution is 2.35. The second kappa shape index (κ2) is 5.39. The van der Waals surface area contributed by atoms with Gasteiger partial charge in [-0.15, -0.1) is 0 Å². The molecule has 1 aromatic rings. The maximum absolute atomic E-state index is 12.1. The van der Waals surface area contributed by atoms with Crippen LogP contribution in [0.2, 0.25) is 0 Å². The van der Waals surface area contributed by atoms with E-state index in [1.807, 2.05) is 0 Å². The molecule has 0 spiro atoms. The third-order valence-electron chi connectivity index (χ3n) is 2.00. The molecule has 0 atom stereocenters. The Bertz CT molecular complexity index is 426. The number of methoxy groups -OCH3 is 1. The highest BCUT2D eigenvalue weighted by atomic mass is 19.3. The van der Waals surface area contributed by atoms with Gasteiger partial charge in [0.1, 0.15) is 0 Å². The predicted octanol–water partition coefficient (Wildman–Crippen LogP) is 1.66. The first-order chi connectivity index (χ1) is 7.99. The summed E-state index contributed by atoms with van der Waals surface area (Å²) in [5.74, 6) is -0.428. The van der Waals surface area contributed by atoms with Crippen molar-refractivity contribution in [2.45, 2.75) is 13.2 Å². The van der Waals surface area contributed by atoms with E-state index >= 15 is 0 Å². The largest absolute Gasteiger partial charge is 0.493 e. The van der Waals surface area contributed by atoms with Crippen molar-refractivity contribution in [2.75, 3.05) is 7.11 Å². The SMILES string of the molecule is COc1cc(CN)c([N+](=O)[O-])cc1OC(F)F. The van der Waals surface area contributed by atoms with E-state index in [-0.39, 0.29) is 23.5 Å². The van der Waals surface area contributed by atoms with E-state index in [0.29, 0.717) is 0 Å².